The lowest BCUT2D eigenvalue weighted by atomic mass is 9.97. The number of carbonyl (C=O) groups excluding carboxylic acids is 2. The molecule has 0 bridgehead atoms. The molecular weight excluding hydrogens is 340 g/mol. The third kappa shape index (κ3) is 1.70. The van der Waals surface area contributed by atoms with Crippen LogP contribution in [0.1, 0.15) is 20.7 Å². The Morgan fingerprint density at radius 1 is 0.688 bits per heavy atom. The minimum Gasteiger partial charge on any atom is -0.290 e. The maximum atomic E-state index is 11.8. The van der Waals surface area contributed by atoms with Crippen molar-refractivity contribution >= 4 is 43.4 Å². The lowest BCUT2D eigenvalue weighted by Gasteiger charge is -2.11. The van der Waals surface area contributed by atoms with Gasteiger partial charge in [-0.25, -0.2) is 0 Å². The highest BCUT2D eigenvalue weighted by Crippen LogP contribution is 2.31. The standard InChI is InChI=1S/C11H4Br2O3/c12-8-9(13)11(16)7-4-2-5(14)1-3-6(7)10(8)15/h1-4H. The van der Waals surface area contributed by atoms with Crippen LogP contribution in [0.3, 0.4) is 0 Å². The van der Waals surface area contributed by atoms with Crippen molar-refractivity contribution in [1.82, 2.24) is 0 Å². The number of rotatable bonds is 0. The molecule has 1 aromatic carbocycles. The second kappa shape index (κ2) is 4.07. The SMILES string of the molecule is O=C1C(Br)=C(Br)C(=O)c2ccc(=O)ccc21. The van der Waals surface area contributed by atoms with Gasteiger partial charge in [0.1, 0.15) is 0 Å². The largest absolute Gasteiger partial charge is 0.290 e. The highest BCUT2D eigenvalue weighted by Gasteiger charge is 2.28. The average molecular weight is 344 g/mol. The summed E-state index contributed by atoms with van der Waals surface area (Å²) in [5, 5.41) is 0. The van der Waals surface area contributed by atoms with Gasteiger partial charge in [-0.2, -0.15) is 0 Å². The van der Waals surface area contributed by atoms with E-state index in [0.29, 0.717) is 0 Å². The minimum absolute atomic E-state index is 0.184. The quantitative estimate of drug-likeness (QED) is 0.727. The molecule has 0 saturated heterocycles. The Hall–Kier alpha value is -1.07. The maximum Gasteiger partial charge on any atom is 0.202 e. The molecule has 0 amide bonds. The summed E-state index contributed by atoms with van der Waals surface area (Å²) in [5.74, 6) is -0.617. The van der Waals surface area contributed by atoms with Gasteiger partial charge in [0.15, 0.2) is 5.43 Å². The summed E-state index contributed by atoms with van der Waals surface area (Å²) in [6.07, 6.45) is 0. The fourth-order valence-electron chi connectivity index (χ4n) is 1.40. The number of halogens is 2. The second-order valence-corrected chi connectivity index (χ2v) is 4.77. The van der Waals surface area contributed by atoms with Gasteiger partial charge in [0.25, 0.3) is 0 Å². The summed E-state index contributed by atoms with van der Waals surface area (Å²) >= 11 is 6.09. The van der Waals surface area contributed by atoms with Gasteiger partial charge in [-0.15, -0.1) is 0 Å². The number of carbonyl (C=O) groups is 2. The van der Waals surface area contributed by atoms with E-state index in [1.54, 1.807) is 0 Å². The lowest BCUT2D eigenvalue weighted by Crippen LogP contribution is -2.16. The van der Waals surface area contributed by atoms with Crippen molar-refractivity contribution in [3.63, 3.8) is 0 Å². The van der Waals surface area contributed by atoms with Crippen LogP contribution in [-0.2, 0) is 0 Å². The molecule has 0 fully saturated rings. The molecule has 0 aliphatic heterocycles. The number of ketones is 2. The Morgan fingerprint density at radius 3 is 1.44 bits per heavy atom. The predicted molar refractivity (Wildman–Crippen MR) is 66.3 cm³/mol. The topological polar surface area (TPSA) is 51.2 Å². The summed E-state index contributed by atoms with van der Waals surface area (Å²) < 4.78 is 0.368. The molecule has 1 aromatic rings. The Balaban J connectivity index is 2.82. The van der Waals surface area contributed by atoms with E-state index in [4.69, 9.17) is 0 Å². The predicted octanol–water partition coefficient (Wildman–Crippen LogP) is 2.43. The number of hydrogen-bond donors (Lipinski definition) is 0. The number of allylic oxidation sites excluding steroid dienone is 2. The van der Waals surface area contributed by atoms with Crippen molar-refractivity contribution in [2.75, 3.05) is 0 Å². The number of hydrogen-bond acceptors (Lipinski definition) is 3. The average Bonchev–Trinajstić information content (AvgIpc) is 2.46. The van der Waals surface area contributed by atoms with Crippen LogP contribution in [0.25, 0.3) is 0 Å². The van der Waals surface area contributed by atoms with Crippen LogP contribution in [0.2, 0.25) is 0 Å². The first-order valence-corrected chi connectivity index (χ1v) is 5.90. The zero-order valence-electron chi connectivity index (χ0n) is 7.79. The van der Waals surface area contributed by atoms with Crippen molar-refractivity contribution in [3.05, 3.63) is 54.6 Å². The highest BCUT2D eigenvalue weighted by atomic mass is 79.9. The van der Waals surface area contributed by atoms with Gasteiger partial charge >= 0.3 is 0 Å². The molecule has 3 nitrogen and oxygen atoms in total. The van der Waals surface area contributed by atoms with Crippen molar-refractivity contribution in [2.24, 2.45) is 0 Å². The van der Waals surface area contributed by atoms with Crippen molar-refractivity contribution in [2.45, 2.75) is 0 Å². The fraction of sp³-hybridized carbons (Fsp3) is 0. The van der Waals surface area contributed by atoms with Crippen molar-refractivity contribution < 1.29 is 9.59 Å². The van der Waals surface area contributed by atoms with Gasteiger partial charge in [-0.1, -0.05) is 0 Å². The van der Waals surface area contributed by atoms with E-state index < -0.39 is 0 Å². The van der Waals surface area contributed by atoms with E-state index in [1.165, 1.54) is 24.3 Å². The maximum absolute atomic E-state index is 11.8. The van der Waals surface area contributed by atoms with Crippen molar-refractivity contribution in [1.29, 1.82) is 0 Å². The molecule has 1 aliphatic carbocycles. The number of Topliss-reactive ketones (excluding diaryl/α,β-unsaturated/α-hetero) is 2. The second-order valence-electron chi connectivity index (χ2n) is 3.18. The van der Waals surface area contributed by atoms with Gasteiger partial charge in [0.2, 0.25) is 11.6 Å². The third-order valence-electron chi connectivity index (χ3n) is 2.20. The van der Waals surface area contributed by atoms with Crippen LogP contribution < -0.4 is 5.43 Å². The monoisotopic (exact) mass is 342 g/mol. The van der Waals surface area contributed by atoms with E-state index >= 15 is 0 Å². The molecule has 16 heavy (non-hydrogen) atoms. The molecule has 0 saturated carbocycles. The first-order valence-electron chi connectivity index (χ1n) is 4.31. The summed E-state index contributed by atoms with van der Waals surface area (Å²) in [4.78, 5) is 34.8. The van der Waals surface area contributed by atoms with E-state index in [9.17, 15) is 14.4 Å². The molecule has 0 unspecified atom stereocenters. The van der Waals surface area contributed by atoms with Crippen molar-refractivity contribution in [3.8, 4) is 0 Å². The normalized spacial score (nSPS) is 15.1. The summed E-state index contributed by atoms with van der Waals surface area (Å²) in [6, 6.07) is 5.28. The van der Waals surface area contributed by atoms with Crippen LogP contribution >= 0.6 is 31.9 Å². The van der Waals surface area contributed by atoms with Gasteiger partial charge in [0.05, 0.1) is 8.96 Å². The zero-order chi connectivity index (χ0) is 11.9. The molecule has 80 valence electrons. The zero-order valence-corrected chi connectivity index (χ0v) is 11.0. The van der Waals surface area contributed by atoms with Crippen LogP contribution in [0.5, 0.6) is 0 Å². The molecule has 0 radical (unpaired) electrons. The fourth-order valence-corrected chi connectivity index (χ4v) is 2.19. The highest BCUT2D eigenvalue weighted by molar-refractivity contribution is 9.14. The third-order valence-corrected chi connectivity index (χ3v) is 4.24. The summed E-state index contributed by atoms with van der Waals surface area (Å²) in [7, 11) is 0. The molecule has 0 spiro atoms. The van der Waals surface area contributed by atoms with Crippen LogP contribution in [0.4, 0.5) is 0 Å². The van der Waals surface area contributed by atoms with Gasteiger partial charge < -0.3 is 0 Å². The molecule has 5 heteroatoms. The van der Waals surface area contributed by atoms with Gasteiger partial charge in [0, 0.05) is 11.1 Å². The Labute approximate surface area is 107 Å². The van der Waals surface area contributed by atoms with Crippen LogP contribution in [-0.4, -0.2) is 11.6 Å². The molecule has 0 heterocycles. The molecule has 0 atom stereocenters. The molecule has 0 N–H and O–H groups in total. The Kier molecular flexibility index (Phi) is 2.90. The first kappa shape index (κ1) is 11.4. The molecule has 2 rings (SSSR count). The molecular formula is C11H4Br2O3. The molecule has 1 aliphatic rings. The van der Waals surface area contributed by atoms with E-state index in [0.717, 1.165) is 0 Å². The summed E-state index contributed by atoms with van der Waals surface area (Å²) in [5.41, 5.74) is 0.228. The number of fused-ring (bicyclic) bond motifs is 1. The minimum atomic E-state index is -0.308. The van der Waals surface area contributed by atoms with E-state index in [-0.39, 0.29) is 37.1 Å². The lowest BCUT2D eigenvalue weighted by molar-refractivity contribution is 0.0990. The first-order chi connectivity index (χ1) is 7.52. The van der Waals surface area contributed by atoms with E-state index in [1.807, 2.05) is 0 Å². The summed E-state index contributed by atoms with van der Waals surface area (Å²) in [6.45, 7) is 0. The van der Waals surface area contributed by atoms with Crippen LogP contribution in [0.15, 0.2) is 38.0 Å². The van der Waals surface area contributed by atoms with Gasteiger partial charge in [-0.3, -0.25) is 14.4 Å². The Morgan fingerprint density at radius 2 is 1.06 bits per heavy atom. The van der Waals surface area contributed by atoms with E-state index in [2.05, 4.69) is 31.9 Å². The smallest absolute Gasteiger partial charge is 0.202 e. The van der Waals surface area contributed by atoms with Crippen LogP contribution in [0, 0.1) is 0 Å². The Bertz CT molecular complexity index is 553. The molecule has 0 aromatic heterocycles. The van der Waals surface area contributed by atoms with Gasteiger partial charge in [-0.05, 0) is 56.1 Å².